The summed E-state index contributed by atoms with van der Waals surface area (Å²) in [7, 11) is -0.437. The molecule has 0 saturated carbocycles. The standard InChI is InChI=1S/C15H20BNO4/c1-10(18)13(19)17-12-8-6-11(7-9-12)16-20-14(2,3)15(4,5)21-16/h6-9H,1-5H3,(H,17,19). The zero-order valence-corrected chi connectivity index (χ0v) is 13.0. The summed E-state index contributed by atoms with van der Waals surface area (Å²) in [6.07, 6.45) is 0. The molecule has 1 N–H and O–H groups in total. The SMILES string of the molecule is CC(=O)C(=O)Nc1ccc(B2OC(C)(C)C(C)(C)O2)cc1. The van der Waals surface area contributed by atoms with Crippen LogP contribution < -0.4 is 10.8 Å². The topological polar surface area (TPSA) is 64.6 Å². The van der Waals surface area contributed by atoms with Crippen LogP contribution in [0, 0.1) is 0 Å². The monoisotopic (exact) mass is 289 g/mol. The predicted molar refractivity (Wildman–Crippen MR) is 81.5 cm³/mol. The van der Waals surface area contributed by atoms with Crippen molar-refractivity contribution < 1.29 is 18.9 Å². The fraction of sp³-hybridized carbons (Fsp3) is 0.467. The molecule has 0 bridgehead atoms. The van der Waals surface area contributed by atoms with Crippen molar-refractivity contribution in [2.75, 3.05) is 5.32 Å². The van der Waals surface area contributed by atoms with Crippen molar-refractivity contribution in [1.29, 1.82) is 0 Å². The van der Waals surface area contributed by atoms with Gasteiger partial charge in [-0.1, -0.05) is 12.1 Å². The summed E-state index contributed by atoms with van der Waals surface area (Å²) < 4.78 is 11.9. The number of benzene rings is 1. The summed E-state index contributed by atoms with van der Waals surface area (Å²) in [6.45, 7) is 9.21. The Hall–Kier alpha value is -1.66. The third kappa shape index (κ3) is 3.17. The van der Waals surface area contributed by atoms with Crippen molar-refractivity contribution in [3.63, 3.8) is 0 Å². The molecule has 1 aromatic carbocycles. The van der Waals surface area contributed by atoms with E-state index in [0.29, 0.717) is 5.69 Å². The molecular formula is C15H20BNO4. The fourth-order valence-electron chi connectivity index (χ4n) is 1.92. The highest BCUT2D eigenvalue weighted by molar-refractivity contribution is 6.62. The van der Waals surface area contributed by atoms with Crippen LogP contribution in [-0.2, 0) is 18.9 Å². The maximum atomic E-state index is 11.3. The van der Waals surface area contributed by atoms with Crippen molar-refractivity contribution in [1.82, 2.24) is 0 Å². The number of anilines is 1. The van der Waals surface area contributed by atoms with Crippen LogP contribution in [0.4, 0.5) is 5.69 Å². The van der Waals surface area contributed by atoms with Gasteiger partial charge < -0.3 is 14.6 Å². The predicted octanol–water partition coefficient (Wildman–Crippen LogP) is 1.51. The molecule has 1 aliphatic heterocycles. The van der Waals surface area contributed by atoms with Crippen molar-refractivity contribution >= 4 is 30.0 Å². The van der Waals surface area contributed by atoms with Crippen LogP contribution in [-0.4, -0.2) is 30.0 Å². The van der Waals surface area contributed by atoms with Crippen LogP contribution in [0.25, 0.3) is 0 Å². The second kappa shape index (κ2) is 5.28. The normalized spacial score (nSPS) is 19.4. The zero-order chi connectivity index (χ0) is 15.8. The van der Waals surface area contributed by atoms with Gasteiger partial charge in [-0.2, -0.15) is 0 Å². The molecule has 21 heavy (non-hydrogen) atoms. The van der Waals surface area contributed by atoms with Gasteiger partial charge in [0.05, 0.1) is 11.2 Å². The van der Waals surface area contributed by atoms with E-state index in [0.717, 1.165) is 5.46 Å². The average Bonchev–Trinajstić information content (AvgIpc) is 2.59. The first-order valence-electron chi connectivity index (χ1n) is 6.90. The number of carbonyl (C=O) groups excluding carboxylic acids is 2. The second-order valence-corrected chi connectivity index (χ2v) is 6.22. The quantitative estimate of drug-likeness (QED) is 0.676. The van der Waals surface area contributed by atoms with Gasteiger partial charge in [0.25, 0.3) is 5.91 Å². The van der Waals surface area contributed by atoms with Crippen LogP contribution >= 0.6 is 0 Å². The molecule has 112 valence electrons. The minimum Gasteiger partial charge on any atom is -0.399 e. The molecule has 1 fully saturated rings. The van der Waals surface area contributed by atoms with Gasteiger partial charge in [0.2, 0.25) is 5.78 Å². The highest BCUT2D eigenvalue weighted by atomic mass is 16.7. The van der Waals surface area contributed by atoms with E-state index >= 15 is 0 Å². The summed E-state index contributed by atoms with van der Waals surface area (Å²) >= 11 is 0. The summed E-state index contributed by atoms with van der Waals surface area (Å²) in [5.74, 6) is -1.15. The molecule has 0 aromatic heterocycles. The molecule has 1 amide bonds. The maximum absolute atomic E-state index is 11.3. The van der Waals surface area contributed by atoms with E-state index in [4.69, 9.17) is 9.31 Å². The van der Waals surface area contributed by atoms with E-state index in [-0.39, 0.29) is 11.2 Å². The number of rotatable bonds is 3. The summed E-state index contributed by atoms with van der Waals surface area (Å²) in [5, 5.41) is 2.52. The molecule has 1 aromatic rings. The van der Waals surface area contributed by atoms with E-state index in [9.17, 15) is 9.59 Å². The second-order valence-electron chi connectivity index (χ2n) is 6.22. The molecule has 6 heteroatoms. The van der Waals surface area contributed by atoms with Crippen LogP contribution in [0.15, 0.2) is 24.3 Å². The molecule has 0 atom stereocenters. The molecule has 1 aliphatic rings. The van der Waals surface area contributed by atoms with E-state index in [2.05, 4.69) is 5.32 Å². The van der Waals surface area contributed by atoms with Crippen LogP contribution in [0.3, 0.4) is 0 Å². The lowest BCUT2D eigenvalue weighted by Gasteiger charge is -2.32. The smallest absolute Gasteiger partial charge is 0.399 e. The van der Waals surface area contributed by atoms with E-state index in [1.165, 1.54) is 6.92 Å². The number of Topliss-reactive ketones (excluding diaryl/α,β-unsaturated/α-hetero) is 1. The number of hydrogen-bond acceptors (Lipinski definition) is 4. The number of amides is 1. The minimum atomic E-state index is -0.626. The van der Waals surface area contributed by atoms with Gasteiger partial charge in [-0.15, -0.1) is 0 Å². The summed E-state index contributed by atoms with van der Waals surface area (Å²) in [4.78, 5) is 22.2. The summed E-state index contributed by atoms with van der Waals surface area (Å²) in [5.41, 5.74) is 0.656. The van der Waals surface area contributed by atoms with Crippen molar-refractivity contribution in [3.8, 4) is 0 Å². The third-order valence-electron chi connectivity index (χ3n) is 4.01. The highest BCUT2D eigenvalue weighted by Crippen LogP contribution is 2.36. The van der Waals surface area contributed by atoms with Gasteiger partial charge in [-0.05, 0) is 45.3 Å². The van der Waals surface area contributed by atoms with Crippen molar-refractivity contribution in [2.24, 2.45) is 0 Å². The molecule has 0 aliphatic carbocycles. The highest BCUT2D eigenvalue weighted by Gasteiger charge is 2.51. The number of carbonyl (C=O) groups is 2. The largest absolute Gasteiger partial charge is 0.494 e. The molecule has 1 heterocycles. The van der Waals surface area contributed by atoms with Crippen LogP contribution in [0.1, 0.15) is 34.6 Å². The molecule has 0 unspecified atom stereocenters. The van der Waals surface area contributed by atoms with Gasteiger partial charge >= 0.3 is 7.12 Å². The first kappa shape index (κ1) is 15.7. The lowest BCUT2D eigenvalue weighted by molar-refractivity contribution is -0.133. The van der Waals surface area contributed by atoms with E-state index in [1.54, 1.807) is 12.1 Å². The number of ketones is 1. The molecule has 0 radical (unpaired) electrons. The molecule has 1 saturated heterocycles. The van der Waals surface area contributed by atoms with Crippen LogP contribution in [0.2, 0.25) is 0 Å². The average molecular weight is 289 g/mol. The lowest BCUT2D eigenvalue weighted by atomic mass is 9.79. The van der Waals surface area contributed by atoms with E-state index < -0.39 is 18.8 Å². The van der Waals surface area contributed by atoms with Gasteiger partial charge in [0.15, 0.2) is 0 Å². The third-order valence-corrected chi connectivity index (χ3v) is 4.01. The minimum absolute atomic E-state index is 0.390. The molecular weight excluding hydrogens is 269 g/mol. The molecule has 5 nitrogen and oxygen atoms in total. The Morgan fingerprint density at radius 2 is 1.48 bits per heavy atom. The van der Waals surface area contributed by atoms with Crippen molar-refractivity contribution in [2.45, 2.75) is 45.8 Å². The Morgan fingerprint density at radius 1 is 1.00 bits per heavy atom. The molecule has 2 rings (SSSR count). The van der Waals surface area contributed by atoms with E-state index in [1.807, 2.05) is 39.8 Å². The Kier molecular flexibility index (Phi) is 3.95. The van der Waals surface area contributed by atoms with Crippen molar-refractivity contribution in [3.05, 3.63) is 24.3 Å². The molecule has 0 spiro atoms. The van der Waals surface area contributed by atoms with Crippen LogP contribution in [0.5, 0.6) is 0 Å². The first-order chi connectivity index (χ1) is 9.62. The van der Waals surface area contributed by atoms with Gasteiger partial charge in [0.1, 0.15) is 0 Å². The Balaban J connectivity index is 2.10. The van der Waals surface area contributed by atoms with Gasteiger partial charge in [-0.25, -0.2) is 0 Å². The zero-order valence-electron chi connectivity index (χ0n) is 13.0. The number of hydrogen-bond donors (Lipinski definition) is 1. The van der Waals surface area contributed by atoms with Gasteiger partial charge in [0, 0.05) is 12.6 Å². The lowest BCUT2D eigenvalue weighted by Crippen LogP contribution is -2.41. The Morgan fingerprint density at radius 3 is 1.90 bits per heavy atom. The van der Waals surface area contributed by atoms with Gasteiger partial charge in [-0.3, -0.25) is 9.59 Å². The Bertz CT molecular complexity index is 550. The Labute approximate surface area is 125 Å². The maximum Gasteiger partial charge on any atom is 0.494 e. The summed E-state index contributed by atoms with van der Waals surface area (Å²) in [6, 6.07) is 7.08. The number of nitrogens with one attached hydrogen (secondary N) is 1. The first-order valence-corrected chi connectivity index (χ1v) is 6.90. The fourth-order valence-corrected chi connectivity index (χ4v) is 1.92.